The van der Waals surface area contributed by atoms with E-state index in [1.165, 1.54) is 0 Å². The summed E-state index contributed by atoms with van der Waals surface area (Å²) in [5.41, 5.74) is 2.37. The van der Waals surface area contributed by atoms with Crippen molar-refractivity contribution in [3.8, 4) is 5.69 Å². The van der Waals surface area contributed by atoms with Gasteiger partial charge in [-0.15, -0.1) is 0 Å². The molecule has 0 spiro atoms. The van der Waals surface area contributed by atoms with Gasteiger partial charge in [0.15, 0.2) is 5.69 Å². The van der Waals surface area contributed by atoms with E-state index in [1.54, 1.807) is 0 Å². The van der Waals surface area contributed by atoms with E-state index in [4.69, 9.17) is 0 Å². The third-order valence-electron chi connectivity index (χ3n) is 4.29. The van der Waals surface area contributed by atoms with Crippen LogP contribution in [0, 0.1) is 5.92 Å². The van der Waals surface area contributed by atoms with E-state index in [0.717, 1.165) is 17.8 Å². The first-order valence-corrected chi connectivity index (χ1v) is 8.34. The summed E-state index contributed by atoms with van der Waals surface area (Å²) in [7, 11) is 0. The van der Waals surface area contributed by atoms with Crippen molar-refractivity contribution in [3.63, 3.8) is 0 Å². The van der Waals surface area contributed by atoms with Gasteiger partial charge in [0.1, 0.15) is 0 Å². The molecule has 2 atom stereocenters. The summed E-state index contributed by atoms with van der Waals surface area (Å²) in [6.07, 6.45) is 4.63. The number of rotatable bonds is 5. The molecule has 0 fully saturated rings. The van der Waals surface area contributed by atoms with Gasteiger partial charge in [-0.3, -0.25) is 4.79 Å². The lowest BCUT2D eigenvalue weighted by atomic mass is 10.1. The molecule has 24 heavy (non-hydrogen) atoms. The molecule has 0 saturated heterocycles. The van der Waals surface area contributed by atoms with Gasteiger partial charge in [-0.05, 0) is 30.5 Å². The van der Waals surface area contributed by atoms with Gasteiger partial charge in [-0.1, -0.05) is 44.2 Å². The average Bonchev–Trinajstić information content (AvgIpc) is 3.22. The molecule has 2 aromatic rings. The van der Waals surface area contributed by atoms with E-state index < -0.39 is 0 Å². The summed E-state index contributed by atoms with van der Waals surface area (Å²) in [5.74, 6) is 0.202. The number of hydrogen-bond donors (Lipinski definition) is 2. The van der Waals surface area contributed by atoms with Crippen molar-refractivity contribution >= 4 is 5.91 Å². The van der Waals surface area contributed by atoms with Crippen molar-refractivity contribution in [2.24, 2.45) is 5.92 Å². The Balaban J connectivity index is 1.81. The molecule has 0 unspecified atom stereocenters. The molecule has 3 rings (SSSR count). The molecule has 5 heteroatoms. The zero-order valence-electron chi connectivity index (χ0n) is 14.0. The number of carbonyl (C=O) groups is 1. The second-order valence-corrected chi connectivity index (χ2v) is 6.50. The number of para-hydroxylation sites is 1. The predicted octanol–water partition coefficient (Wildman–Crippen LogP) is 2.66. The van der Waals surface area contributed by atoms with Crippen molar-refractivity contribution in [2.45, 2.75) is 32.2 Å². The van der Waals surface area contributed by atoms with Gasteiger partial charge < -0.3 is 10.4 Å². The van der Waals surface area contributed by atoms with Gasteiger partial charge in [0.05, 0.1) is 5.69 Å². The highest BCUT2D eigenvalue weighted by molar-refractivity contribution is 5.92. The molecule has 1 aliphatic rings. The maximum Gasteiger partial charge on any atom is 0.272 e. The first-order valence-electron chi connectivity index (χ1n) is 8.34. The largest absolute Gasteiger partial charge is 0.396 e. The van der Waals surface area contributed by atoms with Gasteiger partial charge in [0.2, 0.25) is 0 Å². The molecule has 126 valence electrons. The lowest BCUT2D eigenvalue weighted by Gasteiger charge is -2.11. The lowest BCUT2D eigenvalue weighted by Crippen LogP contribution is -2.33. The summed E-state index contributed by atoms with van der Waals surface area (Å²) >= 11 is 0. The zero-order chi connectivity index (χ0) is 17.1. The van der Waals surface area contributed by atoms with E-state index in [1.807, 2.05) is 53.2 Å². The highest BCUT2D eigenvalue weighted by Gasteiger charge is 2.23. The fourth-order valence-corrected chi connectivity index (χ4v) is 2.95. The van der Waals surface area contributed by atoms with Crippen LogP contribution in [0.5, 0.6) is 0 Å². The SMILES string of the molecule is CC(C)c1cc(C(=O)N[C@@H]2C=C[C@H](CO)C2)nn1-c1ccccc1. The average molecular weight is 325 g/mol. The van der Waals surface area contributed by atoms with Crippen LogP contribution in [0.1, 0.15) is 42.4 Å². The molecule has 0 aliphatic heterocycles. The van der Waals surface area contributed by atoms with Crippen LogP contribution in [0.15, 0.2) is 48.6 Å². The molecule has 1 amide bonds. The molecular formula is C19H23N3O2. The minimum absolute atomic E-state index is 0.0426. The Bertz CT molecular complexity index is 734. The normalized spacial score (nSPS) is 19.8. The van der Waals surface area contributed by atoms with Crippen molar-refractivity contribution in [1.82, 2.24) is 15.1 Å². The molecule has 5 nitrogen and oxygen atoms in total. The fourth-order valence-electron chi connectivity index (χ4n) is 2.95. The minimum atomic E-state index is -0.181. The Morgan fingerprint density at radius 1 is 1.33 bits per heavy atom. The Hall–Kier alpha value is -2.40. The number of benzene rings is 1. The fraction of sp³-hybridized carbons (Fsp3) is 0.368. The Labute approximate surface area is 142 Å². The van der Waals surface area contributed by atoms with Gasteiger partial charge in [-0.2, -0.15) is 5.10 Å². The third kappa shape index (κ3) is 3.41. The summed E-state index contributed by atoms with van der Waals surface area (Å²) in [6.45, 7) is 4.29. The van der Waals surface area contributed by atoms with Crippen LogP contribution in [-0.2, 0) is 0 Å². The van der Waals surface area contributed by atoms with Crippen LogP contribution >= 0.6 is 0 Å². The highest BCUT2D eigenvalue weighted by Crippen LogP contribution is 2.21. The van der Waals surface area contributed by atoms with Crippen LogP contribution in [0.4, 0.5) is 0 Å². The van der Waals surface area contributed by atoms with Gasteiger partial charge in [0.25, 0.3) is 5.91 Å². The van der Waals surface area contributed by atoms with Gasteiger partial charge in [-0.25, -0.2) is 4.68 Å². The third-order valence-corrected chi connectivity index (χ3v) is 4.29. The van der Waals surface area contributed by atoms with E-state index >= 15 is 0 Å². The quantitative estimate of drug-likeness (QED) is 0.831. The Morgan fingerprint density at radius 2 is 2.08 bits per heavy atom. The van der Waals surface area contributed by atoms with E-state index in [2.05, 4.69) is 24.3 Å². The summed E-state index contributed by atoms with van der Waals surface area (Å²) < 4.78 is 1.83. The molecule has 1 heterocycles. The number of carbonyl (C=O) groups excluding carboxylic acids is 1. The molecule has 0 bridgehead atoms. The predicted molar refractivity (Wildman–Crippen MR) is 93.2 cm³/mol. The lowest BCUT2D eigenvalue weighted by molar-refractivity contribution is 0.0935. The molecule has 2 N–H and O–H groups in total. The van der Waals surface area contributed by atoms with Crippen LogP contribution in [0.3, 0.4) is 0 Å². The maximum atomic E-state index is 12.5. The molecule has 1 aromatic heterocycles. The zero-order valence-corrected chi connectivity index (χ0v) is 14.0. The highest BCUT2D eigenvalue weighted by atomic mass is 16.3. The minimum Gasteiger partial charge on any atom is -0.396 e. The van der Waals surface area contributed by atoms with Crippen LogP contribution in [0.25, 0.3) is 5.69 Å². The van der Waals surface area contributed by atoms with E-state index in [0.29, 0.717) is 5.69 Å². The topological polar surface area (TPSA) is 67.2 Å². The van der Waals surface area contributed by atoms with E-state index in [9.17, 15) is 9.90 Å². The maximum absolute atomic E-state index is 12.5. The van der Waals surface area contributed by atoms with Gasteiger partial charge in [0, 0.05) is 24.3 Å². The summed E-state index contributed by atoms with van der Waals surface area (Å²) in [5, 5.41) is 16.7. The number of aromatic nitrogens is 2. The second kappa shape index (κ2) is 7.01. The standard InChI is InChI=1S/C19H23N3O2/c1-13(2)18-11-17(21-22(18)16-6-4-3-5-7-16)19(24)20-15-9-8-14(10-15)12-23/h3-9,11,13-15,23H,10,12H2,1-2H3,(H,20,24)/t14-,15+/m0/s1. The molecule has 0 saturated carbocycles. The first-order chi connectivity index (χ1) is 11.6. The number of hydrogen-bond acceptors (Lipinski definition) is 3. The van der Waals surface area contributed by atoms with Crippen molar-refractivity contribution < 1.29 is 9.90 Å². The van der Waals surface area contributed by atoms with Crippen molar-refractivity contribution in [3.05, 3.63) is 59.9 Å². The number of nitrogens with zero attached hydrogens (tertiary/aromatic N) is 2. The second-order valence-electron chi connectivity index (χ2n) is 6.50. The van der Waals surface area contributed by atoms with Crippen LogP contribution < -0.4 is 5.32 Å². The van der Waals surface area contributed by atoms with Crippen molar-refractivity contribution in [2.75, 3.05) is 6.61 Å². The molecule has 0 radical (unpaired) electrons. The molecule has 1 aliphatic carbocycles. The monoisotopic (exact) mass is 325 g/mol. The van der Waals surface area contributed by atoms with Crippen LogP contribution in [0.2, 0.25) is 0 Å². The smallest absolute Gasteiger partial charge is 0.272 e. The number of aliphatic hydroxyl groups excluding tert-OH is 1. The first kappa shape index (κ1) is 16.5. The Kier molecular flexibility index (Phi) is 4.81. The molecular weight excluding hydrogens is 302 g/mol. The van der Waals surface area contributed by atoms with E-state index in [-0.39, 0.29) is 30.4 Å². The van der Waals surface area contributed by atoms with Gasteiger partial charge >= 0.3 is 0 Å². The molecule has 1 aromatic carbocycles. The number of amides is 1. The van der Waals surface area contributed by atoms with Crippen LogP contribution in [-0.4, -0.2) is 33.4 Å². The summed E-state index contributed by atoms with van der Waals surface area (Å²) in [4.78, 5) is 12.5. The number of aliphatic hydroxyl groups is 1. The Morgan fingerprint density at radius 3 is 2.71 bits per heavy atom. The summed E-state index contributed by atoms with van der Waals surface area (Å²) in [6, 6.07) is 11.6. The van der Waals surface area contributed by atoms with Crippen molar-refractivity contribution in [1.29, 1.82) is 0 Å². The number of nitrogens with one attached hydrogen (secondary N) is 1.